The number of benzene rings is 2. The lowest BCUT2D eigenvalue weighted by atomic mass is 10.2. The van der Waals surface area contributed by atoms with Crippen molar-refractivity contribution in [1.82, 2.24) is 0 Å². The highest BCUT2D eigenvalue weighted by atomic mass is 32.2. The molecule has 2 aromatic carbocycles. The zero-order valence-corrected chi connectivity index (χ0v) is 19.0. The van der Waals surface area contributed by atoms with Crippen molar-refractivity contribution in [1.29, 1.82) is 0 Å². The quantitative estimate of drug-likeness (QED) is 0.478. The van der Waals surface area contributed by atoms with E-state index in [9.17, 15) is 13.2 Å². The molecule has 2 N–H and O–H groups in total. The summed E-state index contributed by atoms with van der Waals surface area (Å²) in [5, 5.41) is 2.72. The summed E-state index contributed by atoms with van der Waals surface area (Å²) in [5.41, 5.74) is 1.40. The normalized spacial score (nSPS) is 13.9. The highest BCUT2D eigenvalue weighted by molar-refractivity contribution is 7.92. The molecule has 9 heteroatoms. The first-order chi connectivity index (χ1) is 15.9. The topological polar surface area (TPSA) is 101 Å². The molecule has 33 heavy (non-hydrogen) atoms. The lowest BCUT2D eigenvalue weighted by Gasteiger charge is -2.22. The van der Waals surface area contributed by atoms with Crippen LogP contribution in [0.25, 0.3) is 6.08 Å². The number of hydrogen-bond donors (Lipinski definition) is 2. The average molecular weight is 468 g/mol. The van der Waals surface area contributed by atoms with Gasteiger partial charge in [-0.25, -0.2) is 8.42 Å². The lowest BCUT2D eigenvalue weighted by molar-refractivity contribution is -0.111. The fourth-order valence-corrected chi connectivity index (χ4v) is 4.93. The fraction of sp³-hybridized carbons (Fsp3) is 0.208. The number of ether oxygens (including phenoxy) is 1. The fourth-order valence-electron chi connectivity index (χ4n) is 3.62. The molecule has 3 aromatic rings. The van der Waals surface area contributed by atoms with E-state index >= 15 is 0 Å². The molecule has 172 valence electrons. The molecule has 0 saturated carbocycles. The van der Waals surface area contributed by atoms with Crippen LogP contribution in [0.2, 0.25) is 0 Å². The van der Waals surface area contributed by atoms with Crippen LogP contribution in [-0.4, -0.2) is 34.5 Å². The molecular formula is C24H25N3O5S. The van der Waals surface area contributed by atoms with Crippen LogP contribution >= 0.6 is 0 Å². The molecule has 1 saturated heterocycles. The van der Waals surface area contributed by atoms with Crippen LogP contribution in [0, 0.1) is 0 Å². The Morgan fingerprint density at radius 3 is 2.45 bits per heavy atom. The Morgan fingerprint density at radius 1 is 1.06 bits per heavy atom. The highest BCUT2D eigenvalue weighted by Gasteiger charge is 2.25. The second-order valence-corrected chi connectivity index (χ2v) is 9.20. The number of nitrogens with zero attached hydrogens (tertiary/aromatic N) is 1. The van der Waals surface area contributed by atoms with E-state index in [0.29, 0.717) is 28.6 Å². The molecule has 8 nitrogen and oxygen atoms in total. The van der Waals surface area contributed by atoms with Gasteiger partial charge in [0.2, 0.25) is 5.91 Å². The Morgan fingerprint density at radius 2 is 1.79 bits per heavy atom. The van der Waals surface area contributed by atoms with Crippen molar-refractivity contribution in [2.45, 2.75) is 17.7 Å². The summed E-state index contributed by atoms with van der Waals surface area (Å²) in [4.78, 5) is 14.5. The van der Waals surface area contributed by atoms with Crippen molar-refractivity contribution in [3.63, 3.8) is 0 Å². The van der Waals surface area contributed by atoms with Crippen LogP contribution in [0.3, 0.4) is 0 Å². The monoisotopic (exact) mass is 467 g/mol. The third-order valence-electron chi connectivity index (χ3n) is 5.25. The predicted octanol–water partition coefficient (Wildman–Crippen LogP) is 4.34. The molecule has 4 rings (SSSR count). The Hall–Kier alpha value is -3.72. The standard InChI is InChI=1S/C24H25N3O5S/c1-31-20-9-6-18(7-10-20)26-33(29,30)23-17-19(8-12-22(23)27-14-2-3-15-27)25-24(28)13-11-21-5-4-16-32-21/h4-13,16-17,26H,2-3,14-15H2,1H3,(H,25,28)/b13-11+. The minimum atomic E-state index is -3.92. The van der Waals surface area contributed by atoms with Crippen molar-refractivity contribution < 1.29 is 22.4 Å². The molecular weight excluding hydrogens is 442 g/mol. The van der Waals surface area contributed by atoms with Gasteiger partial charge in [-0.1, -0.05) is 0 Å². The van der Waals surface area contributed by atoms with Gasteiger partial charge in [-0.15, -0.1) is 0 Å². The van der Waals surface area contributed by atoms with E-state index in [1.807, 2.05) is 4.90 Å². The molecule has 1 aliphatic rings. The zero-order valence-electron chi connectivity index (χ0n) is 18.2. The molecule has 0 spiro atoms. The van der Waals surface area contributed by atoms with Gasteiger partial charge in [-0.3, -0.25) is 9.52 Å². The largest absolute Gasteiger partial charge is 0.497 e. The van der Waals surface area contributed by atoms with Crippen molar-refractivity contribution in [3.8, 4) is 5.75 Å². The van der Waals surface area contributed by atoms with E-state index in [0.717, 1.165) is 25.9 Å². The molecule has 1 aliphatic heterocycles. The first kappa shape index (κ1) is 22.5. The number of hydrogen-bond acceptors (Lipinski definition) is 6. The number of nitrogens with one attached hydrogen (secondary N) is 2. The molecule has 1 aromatic heterocycles. The van der Waals surface area contributed by atoms with Crippen LogP contribution in [0.1, 0.15) is 18.6 Å². The van der Waals surface area contributed by atoms with Gasteiger partial charge in [0.05, 0.1) is 19.1 Å². The van der Waals surface area contributed by atoms with E-state index < -0.39 is 15.9 Å². The second-order valence-electron chi connectivity index (χ2n) is 7.55. The second kappa shape index (κ2) is 9.83. The van der Waals surface area contributed by atoms with Gasteiger partial charge in [0.15, 0.2) is 0 Å². The minimum absolute atomic E-state index is 0.105. The number of rotatable bonds is 8. The number of sulfonamides is 1. The molecule has 0 unspecified atom stereocenters. The highest BCUT2D eigenvalue weighted by Crippen LogP contribution is 2.32. The van der Waals surface area contributed by atoms with E-state index in [-0.39, 0.29) is 4.90 Å². The number of methoxy groups -OCH3 is 1. The number of amides is 1. The summed E-state index contributed by atoms with van der Waals surface area (Å²) in [5.74, 6) is 0.774. The third-order valence-corrected chi connectivity index (χ3v) is 6.66. The maximum Gasteiger partial charge on any atom is 0.264 e. The van der Waals surface area contributed by atoms with E-state index in [2.05, 4.69) is 10.0 Å². The maximum atomic E-state index is 13.3. The van der Waals surface area contributed by atoms with Crippen molar-refractivity contribution in [3.05, 3.63) is 72.7 Å². The number of carbonyl (C=O) groups is 1. The Labute approximate surface area is 192 Å². The molecule has 2 heterocycles. The van der Waals surface area contributed by atoms with Crippen LogP contribution < -0.4 is 19.7 Å². The zero-order chi connectivity index (χ0) is 23.3. The van der Waals surface area contributed by atoms with Gasteiger partial charge in [-0.05, 0) is 73.5 Å². The predicted molar refractivity (Wildman–Crippen MR) is 128 cm³/mol. The minimum Gasteiger partial charge on any atom is -0.497 e. The van der Waals surface area contributed by atoms with Crippen LogP contribution in [0.5, 0.6) is 5.75 Å². The van der Waals surface area contributed by atoms with Gasteiger partial charge in [0, 0.05) is 30.5 Å². The third kappa shape index (κ3) is 5.56. The Balaban J connectivity index is 1.61. The van der Waals surface area contributed by atoms with Gasteiger partial charge in [0.25, 0.3) is 10.0 Å². The summed E-state index contributed by atoms with van der Waals surface area (Å²) in [7, 11) is -2.38. The summed E-state index contributed by atoms with van der Waals surface area (Å²) in [6, 6.07) is 15.0. The summed E-state index contributed by atoms with van der Waals surface area (Å²) < 4.78 is 39.6. The number of anilines is 3. The Bertz CT molecular complexity index is 1230. The average Bonchev–Trinajstić information content (AvgIpc) is 3.52. The number of furan rings is 1. The first-order valence-electron chi connectivity index (χ1n) is 10.5. The van der Waals surface area contributed by atoms with Crippen LogP contribution in [0.4, 0.5) is 17.1 Å². The van der Waals surface area contributed by atoms with E-state index in [1.165, 1.54) is 24.5 Å². The molecule has 0 radical (unpaired) electrons. The molecule has 0 aliphatic carbocycles. The van der Waals surface area contributed by atoms with Crippen molar-refractivity contribution in [2.24, 2.45) is 0 Å². The SMILES string of the molecule is COc1ccc(NS(=O)(=O)c2cc(NC(=O)/C=C/c3ccco3)ccc2N2CCCC2)cc1. The van der Waals surface area contributed by atoms with Gasteiger partial charge in [-0.2, -0.15) is 0 Å². The number of carbonyl (C=O) groups excluding carboxylic acids is 1. The smallest absolute Gasteiger partial charge is 0.264 e. The molecule has 1 fully saturated rings. The van der Waals surface area contributed by atoms with Crippen molar-refractivity contribution in [2.75, 3.05) is 35.1 Å². The Kier molecular flexibility index (Phi) is 6.69. The summed E-state index contributed by atoms with van der Waals surface area (Å²) in [6.45, 7) is 1.56. The van der Waals surface area contributed by atoms with Gasteiger partial charge >= 0.3 is 0 Å². The summed E-state index contributed by atoms with van der Waals surface area (Å²) >= 11 is 0. The van der Waals surface area contributed by atoms with Crippen LogP contribution in [0.15, 0.2) is 76.2 Å². The first-order valence-corrected chi connectivity index (χ1v) is 12.0. The van der Waals surface area contributed by atoms with Gasteiger partial charge in [0.1, 0.15) is 16.4 Å². The summed E-state index contributed by atoms with van der Waals surface area (Å²) in [6.07, 6.45) is 6.39. The molecule has 0 bridgehead atoms. The van der Waals surface area contributed by atoms with Crippen molar-refractivity contribution >= 4 is 39.1 Å². The maximum absolute atomic E-state index is 13.3. The molecule has 0 atom stereocenters. The lowest BCUT2D eigenvalue weighted by Crippen LogP contribution is -2.23. The van der Waals surface area contributed by atoms with Crippen LogP contribution in [-0.2, 0) is 14.8 Å². The molecule has 1 amide bonds. The van der Waals surface area contributed by atoms with E-state index in [1.54, 1.807) is 55.6 Å². The van der Waals surface area contributed by atoms with E-state index in [4.69, 9.17) is 9.15 Å². The van der Waals surface area contributed by atoms with Gasteiger partial charge < -0.3 is 19.4 Å².